The quantitative estimate of drug-likeness (QED) is 0.571. The summed E-state index contributed by atoms with van der Waals surface area (Å²) in [5.41, 5.74) is 18.3. The lowest BCUT2D eigenvalue weighted by Gasteiger charge is -2.09. The van der Waals surface area contributed by atoms with Crippen LogP contribution in [0.25, 0.3) is 0 Å². The zero-order valence-corrected chi connectivity index (χ0v) is 8.57. The van der Waals surface area contributed by atoms with Crippen molar-refractivity contribution in [1.82, 2.24) is 0 Å². The smallest absolute Gasteiger partial charge is 0.0168 e. The van der Waals surface area contributed by atoms with Gasteiger partial charge in [0, 0.05) is 5.41 Å². The van der Waals surface area contributed by atoms with E-state index in [2.05, 4.69) is 53.3 Å². The molecule has 14 heavy (non-hydrogen) atoms. The average Bonchev–Trinajstić information content (AvgIpc) is 2.13. The van der Waals surface area contributed by atoms with E-state index in [4.69, 9.17) is 0 Å². The van der Waals surface area contributed by atoms with Gasteiger partial charge in [0.25, 0.3) is 0 Å². The van der Waals surface area contributed by atoms with E-state index in [1.54, 1.807) is 0 Å². The Balaban J connectivity index is 5.11. The number of hydrogen-bond donors (Lipinski definition) is 0. The van der Waals surface area contributed by atoms with Crippen LogP contribution in [0.5, 0.6) is 0 Å². The summed E-state index contributed by atoms with van der Waals surface area (Å²) in [6, 6.07) is 0. The largest absolute Gasteiger partial charge is 0.0693 e. The molecule has 0 bridgehead atoms. The van der Waals surface area contributed by atoms with E-state index < -0.39 is 0 Å². The van der Waals surface area contributed by atoms with Gasteiger partial charge in [0.05, 0.1) is 0 Å². The molecule has 0 radical (unpaired) electrons. The molecule has 0 spiro atoms. The molecule has 0 saturated carbocycles. The molecule has 0 rings (SSSR count). The van der Waals surface area contributed by atoms with Crippen molar-refractivity contribution in [2.24, 2.45) is 5.41 Å². The lowest BCUT2D eigenvalue weighted by molar-refractivity contribution is 0.628. The third kappa shape index (κ3) is 6.64. The van der Waals surface area contributed by atoms with Crippen molar-refractivity contribution in [2.45, 2.75) is 13.8 Å². The highest BCUT2D eigenvalue weighted by molar-refractivity contribution is 5.06. The van der Waals surface area contributed by atoms with E-state index in [1.165, 1.54) is 0 Å². The summed E-state index contributed by atoms with van der Waals surface area (Å²) >= 11 is 0. The van der Waals surface area contributed by atoms with E-state index in [9.17, 15) is 0 Å². The second-order valence-corrected chi connectivity index (χ2v) is 3.13. The predicted molar refractivity (Wildman–Crippen MR) is 58.8 cm³/mol. The maximum Gasteiger partial charge on any atom is 0.0168 e. The molecule has 0 unspecified atom stereocenters. The van der Waals surface area contributed by atoms with Crippen LogP contribution in [0.15, 0.2) is 65.4 Å². The van der Waals surface area contributed by atoms with Crippen molar-refractivity contribution in [3.63, 3.8) is 0 Å². The van der Waals surface area contributed by atoms with Gasteiger partial charge in [0.2, 0.25) is 0 Å². The summed E-state index contributed by atoms with van der Waals surface area (Å²) in [7, 11) is 0. The van der Waals surface area contributed by atoms with E-state index >= 15 is 0 Å². The fourth-order valence-corrected chi connectivity index (χ4v) is 0.617. The van der Waals surface area contributed by atoms with Gasteiger partial charge in [-0.15, -0.1) is 0 Å². The molecule has 0 fully saturated rings. The number of allylic oxidation sites excluding steroid dienone is 2. The van der Waals surface area contributed by atoms with Crippen LogP contribution in [-0.4, -0.2) is 0 Å². The maximum absolute atomic E-state index is 3.38. The van der Waals surface area contributed by atoms with Crippen LogP contribution < -0.4 is 0 Å². The monoisotopic (exact) mass is 180 g/mol. The fraction of sp³-hybridized carbons (Fsp3) is 0.214. The van der Waals surface area contributed by atoms with Gasteiger partial charge in [0.1, 0.15) is 0 Å². The van der Waals surface area contributed by atoms with E-state index in [0.717, 1.165) is 0 Å². The Morgan fingerprint density at radius 2 is 1.36 bits per heavy atom. The van der Waals surface area contributed by atoms with Crippen molar-refractivity contribution < 1.29 is 0 Å². The van der Waals surface area contributed by atoms with Crippen LogP contribution in [0, 0.1) is 5.41 Å². The standard InChI is InChI=1S/C14H12/c1-5-7-9-11-13-14(3,4)12-10-8-6-2/h12-13H,1-2H2,3-4H3. The Morgan fingerprint density at radius 3 is 1.86 bits per heavy atom. The van der Waals surface area contributed by atoms with Crippen molar-refractivity contribution >= 4 is 0 Å². The average molecular weight is 180 g/mol. The Labute approximate surface area is 85.3 Å². The van der Waals surface area contributed by atoms with Crippen LogP contribution in [0.3, 0.4) is 0 Å². The molecule has 0 heteroatoms. The van der Waals surface area contributed by atoms with Gasteiger partial charge >= 0.3 is 0 Å². The zero-order chi connectivity index (χ0) is 10.9. The van der Waals surface area contributed by atoms with Crippen molar-refractivity contribution in [3.05, 3.63) is 65.4 Å². The highest BCUT2D eigenvalue weighted by atomic mass is 14.1. The SMILES string of the molecule is C=C=C=C=C=CC(C)(C)C=C=C=C=C. The number of hydrogen-bond acceptors (Lipinski definition) is 0. The summed E-state index contributed by atoms with van der Waals surface area (Å²) < 4.78 is 0. The lowest BCUT2D eigenvalue weighted by Crippen LogP contribution is -1.99. The summed E-state index contributed by atoms with van der Waals surface area (Å²) in [5.74, 6) is 0. The minimum Gasteiger partial charge on any atom is -0.0693 e. The molecule has 0 saturated heterocycles. The van der Waals surface area contributed by atoms with E-state index in [-0.39, 0.29) is 5.41 Å². The first-order chi connectivity index (χ1) is 6.62. The molecule has 0 aromatic heterocycles. The highest BCUT2D eigenvalue weighted by Crippen LogP contribution is 2.16. The Morgan fingerprint density at radius 1 is 0.857 bits per heavy atom. The van der Waals surface area contributed by atoms with E-state index in [1.807, 2.05) is 26.0 Å². The molecule has 0 aromatic rings. The molecule has 0 aliphatic rings. The van der Waals surface area contributed by atoms with Gasteiger partial charge in [-0.05, 0) is 42.5 Å². The first-order valence-corrected chi connectivity index (χ1v) is 4.11. The fourth-order valence-electron chi connectivity index (χ4n) is 0.617. The summed E-state index contributed by atoms with van der Waals surface area (Å²) in [5, 5.41) is 0. The highest BCUT2D eigenvalue weighted by Gasteiger charge is 2.07. The number of rotatable bonds is 2. The van der Waals surface area contributed by atoms with Crippen molar-refractivity contribution in [2.75, 3.05) is 0 Å². The second kappa shape index (κ2) is 6.46. The molecule has 0 aliphatic carbocycles. The van der Waals surface area contributed by atoms with Crippen LogP contribution >= 0.6 is 0 Å². The van der Waals surface area contributed by atoms with Gasteiger partial charge in [-0.3, -0.25) is 0 Å². The third-order valence-corrected chi connectivity index (χ3v) is 1.27. The molecule has 0 heterocycles. The van der Waals surface area contributed by atoms with Crippen LogP contribution in [-0.2, 0) is 0 Å². The Bertz CT molecular complexity index is 458. The predicted octanol–water partition coefficient (Wildman–Crippen LogP) is 3.47. The maximum atomic E-state index is 3.38. The molecule has 0 amide bonds. The second-order valence-electron chi connectivity index (χ2n) is 3.13. The molecular weight excluding hydrogens is 168 g/mol. The van der Waals surface area contributed by atoms with Gasteiger partial charge < -0.3 is 0 Å². The van der Waals surface area contributed by atoms with Gasteiger partial charge in [-0.2, -0.15) is 0 Å². The Hall–Kier alpha value is -2.06. The zero-order valence-electron chi connectivity index (χ0n) is 8.57. The third-order valence-electron chi connectivity index (χ3n) is 1.27. The molecule has 0 aromatic carbocycles. The molecule has 0 atom stereocenters. The first-order valence-electron chi connectivity index (χ1n) is 4.11. The normalized spacial score (nSPS) is 7.29. The minimum atomic E-state index is -0.153. The summed E-state index contributed by atoms with van der Waals surface area (Å²) in [6.07, 6.45) is 3.69. The molecule has 0 nitrogen and oxygen atoms in total. The van der Waals surface area contributed by atoms with Gasteiger partial charge in [0.15, 0.2) is 0 Å². The van der Waals surface area contributed by atoms with Gasteiger partial charge in [-0.25, -0.2) is 0 Å². The molecule has 0 N–H and O–H groups in total. The van der Waals surface area contributed by atoms with Crippen LogP contribution in [0.2, 0.25) is 0 Å². The van der Waals surface area contributed by atoms with Crippen LogP contribution in [0.4, 0.5) is 0 Å². The first kappa shape index (κ1) is 11.9. The summed E-state index contributed by atoms with van der Waals surface area (Å²) in [4.78, 5) is 0. The van der Waals surface area contributed by atoms with Crippen molar-refractivity contribution in [3.8, 4) is 0 Å². The topological polar surface area (TPSA) is 0 Å². The van der Waals surface area contributed by atoms with Gasteiger partial charge in [-0.1, -0.05) is 36.8 Å². The lowest BCUT2D eigenvalue weighted by atomic mass is 9.94. The Kier molecular flexibility index (Phi) is 5.51. The molecular formula is C14H12. The molecule has 68 valence electrons. The summed E-state index contributed by atoms with van der Waals surface area (Å²) in [6.45, 7) is 10.8. The molecule has 0 aliphatic heterocycles. The van der Waals surface area contributed by atoms with Crippen molar-refractivity contribution in [1.29, 1.82) is 0 Å². The van der Waals surface area contributed by atoms with Crippen LogP contribution in [0.1, 0.15) is 13.8 Å². The van der Waals surface area contributed by atoms with E-state index in [0.29, 0.717) is 0 Å². The minimum absolute atomic E-state index is 0.153.